The summed E-state index contributed by atoms with van der Waals surface area (Å²) in [5, 5.41) is 22.0. The Hall–Kier alpha value is -0.120. The Morgan fingerprint density at radius 2 is 1.73 bits per heavy atom. The molecule has 0 aromatic carbocycles. The van der Waals surface area contributed by atoms with E-state index in [-0.39, 0.29) is 24.2 Å². The minimum absolute atomic E-state index is 0.0602. The number of rotatable bonds is 5. The first-order chi connectivity index (χ1) is 7.04. The Labute approximate surface area is 92.9 Å². The summed E-state index contributed by atoms with van der Waals surface area (Å²) in [6.07, 6.45) is 5.96. The Balaban J connectivity index is 2.45. The normalized spacial score (nSPS) is 21.6. The van der Waals surface area contributed by atoms with Crippen LogP contribution in [0.15, 0.2) is 0 Å². The summed E-state index contributed by atoms with van der Waals surface area (Å²) < 4.78 is 0. The highest BCUT2D eigenvalue weighted by molar-refractivity contribution is 4.88. The van der Waals surface area contributed by atoms with E-state index < -0.39 is 0 Å². The largest absolute Gasteiger partial charge is 0.396 e. The molecule has 0 aliphatic heterocycles. The highest BCUT2D eigenvalue weighted by Gasteiger charge is 2.32. The Bertz CT molecular complexity index is 186. The molecule has 0 radical (unpaired) electrons. The second kappa shape index (κ2) is 5.28. The van der Waals surface area contributed by atoms with Gasteiger partial charge in [-0.15, -0.1) is 0 Å². The molecule has 0 spiro atoms. The first kappa shape index (κ1) is 12.9. The molecule has 0 saturated heterocycles. The number of hydrogen-bond donors (Lipinski definition) is 3. The second-order valence-corrected chi connectivity index (χ2v) is 5.61. The van der Waals surface area contributed by atoms with Crippen LogP contribution in [0.1, 0.15) is 46.0 Å². The minimum atomic E-state index is -0.236. The van der Waals surface area contributed by atoms with Gasteiger partial charge in [0.15, 0.2) is 0 Å². The molecular weight excluding hydrogens is 190 g/mol. The van der Waals surface area contributed by atoms with Gasteiger partial charge in [0, 0.05) is 24.1 Å². The lowest BCUT2D eigenvalue weighted by atomic mass is 9.74. The lowest BCUT2D eigenvalue weighted by Gasteiger charge is -2.38. The first-order valence-corrected chi connectivity index (χ1v) is 6.00. The van der Waals surface area contributed by atoms with E-state index in [1.165, 1.54) is 19.3 Å². The van der Waals surface area contributed by atoms with Gasteiger partial charge in [0.2, 0.25) is 0 Å². The molecule has 0 atom stereocenters. The molecule has 1 saturated carbocycles. The van der Waals surface area contributed by atoms with Gasteiger partial charge in [0.25, 0.3) is 0 Å². The maximum atomic E-state index is 9.51. The lowest BCUT2D eigenvalue weighted by molar-refractivity contribution is 0.0666. The van der Waals surface area contributed by atoms with Crippen LogP contribution < -0.4 is 5.32 Å². The van der Waals surface area contributed by atoms with Crippen LogP contribution in [0.2, 0.25) is 0 Å². The van der Waals surface area contributed by atoms with Crippen molar-refractivity contribution in [2.24, 2.45) is 5.41 Å². The molecule has 0 aromatic rings. The second-order valence-electron chi connectivity index (χ2n) is 5.61. The van der Waals surface area contributed by atoms with Crippen molar-refractivity contribution in [2.45, 2.75) is 51.5 Å². The molecular formula is C12H25NO2. The van der Waals surface area contributed by atoms with Gasteiger partial charge in [-0.05, 0) is 26.7 Å². The summed E-state index contributed by atoms with van der Waals surface area (Å²) in [4.78, 5) is 0. The maximum absolute atomic E-state index is 9.51. The fourth-order valence-electron chi connectivity index (χ4n) is 2.18. The Kier molecular flexibility index (Phi) is 4.56. The highest BCUT2D eigenvalue weighted by Crippen LogP contribution is 2.35. The number of aliphatic hydroxyl groups excluding tert-OH is 2. The van der Waals surface area contributed by atoms with Crippen LogP contribution in [0.25, 0.3) is 0 Å². The van der Waals surface area contributed by atoms with Gasteiger partial charge in [0.1, 0.15) is 0 Å². The van der Waals surface area contributed by atoms with Crippen LogP contribution in [0.3, 0.4) is 0 Å². The molecule has 1 rings (SSSR count). The topological polar surface area (TPSA) is 52.5 Å². The standard InChI is InChI=1S/C12H25NO2/c1-11(2,9-14)13-8-12(10-15)6-4-3-5-7-12/h13-15H,3-10H2,1-2H3. The smallest absolute Gasteiger partial charge is 0.0607 e. The summed E-state index contributed by atoms with van der Waals surface area (Å²) in [6.45, 7) is 5.19. The van der Waals surface area contributed by atoms with Gasteiger partial charge in [-0.2, -0.15) is 0 Å². The van der Waals surface area contributed by atoms with Gasteiger partial charge in [-0.1, -0.05) is 19.3 Å². The van der Waals surface area contributed by atoms with Crippen molar-refractivity contribution < 1.29 is 10.2 Å². The molecule has 1 fully saturated rings. The van der Waals surface area contributed by atoms with Crippen molar-refractivity contribution in [2.75, 3.05) is 19.8 Å². The third kappa shape index (κ3) is 3.74. The van der Waals surface area contributed by atoms with Gasteiger partial charge < -0.3 is 15.5 Å². The van der Waals surface area contributed by atoms with E-state index in [0.29, 0.717) is 0 Å². The average Bonchev–Trinajstić information content (AvgIpc) is 2.28. The minimum Gasteiger partial charge on any atom is -0.396 e. The monoisotopic (exact) mass is 215 g/mol. The molecule has 3 nitrogen and oxygen atoms in total. The molecule has 3 heteroatoms. The van der Waals surface area contributed by atoms with Gasteiger partial charge in [-0.3, -0.25) is 0 Å². The van der Waals surface area contributed by atoms with E-state index in [4.69, 9.17) is 5.11 Å². The van der Waals surface area contributed by atoms with Gasteiger partial charge in [-0.25, -0.2) is 0 Å². The predicted molar refractivity (Wildman–Crippen MR) is 61.8 cm³/mol. The Morgan fingerprint density at radius 1 is 1.13 bits per heavy atom. The van der Waals surface area contributed by atoms with Crippen LogP contribution >= 0.6 is 0 Å². The molecule has 3 N–H and O–H groups in total. The van der Waals surface area contributed by atoms with E-state index in [9.17, 15) is 5.11 Å². The number of hydrogen-bond acceptors (Lipinski definition) is 3. The van der Waals surface area contributed by atoms with Crippen molar-refractivity contribution in [1.29, 1.82) is 0 Å². The fraction of sp³-hybridized carbons (Fsp3) is 1.00. The first-order valence-electron chi connectivity index (χ1n) is 6.00. The van der Waals surface area contributed by atoms with Crippen molar-refractivity contribution in [3.8, 4) is 0 Å². The quantitative estimate of drug-likeness (QED) is 0.648. The van der Waals surface area contributed by atoms with Crippen molar-refractivity contribution in [3.05, 3.63) is 0 Å². The molecule has 0 bridgehead atoms. The number of nitrogens with one attached hydrogen (secondary N) is 1. The summed E-state index contributed by atoms with van der Waals surface area (Å²) in [5.41, 5.74) is -0.176. The van der Waals surface area contributed by atoms with E-state index in [1.54, 1.807) is 0 Å². The predicted octanol–water partition coefficient (Wildman–Crippen LogP) is 1.29. The lowest BCUT2D eigenvalue weighted by Crippen LogP contribution is -2.49. The van der Waals surface area contributed by atoms with Crippen LogP contribution in [-0.2, 0) is 0 Å². The van der Waals surface area contributed by atoms with Crippen LogP contribution in [0.4, 0.5) is 0 Å². The van der Waals surface area contributed by atoms with E-state index in [1.807, 2.05) is 13.8 Å². The summed E-state index contributed by atoms with van der Waals surface area (Å²) >= 11 is 0. The molecule has 1 aliphatic rings. The molecule has 1 aliphatic carbocycles. The van der Waals surface area contributed by atoms with Crippen LogP contribution in [-0.4, -0.2) is 35.5 Å². The fourth-order valence-corrected chi connectivity index (χ4v) is 2.18. The summed E-state index contributed by atoms with van der Waals surface area (Å²) in [5.74, 6) is 0. The summed E-state index contributed by atoms with van der Waals surface area (Å²) in [6, 6.07) is 0. The zero-order chi connectivity index (χ0) is 11.4. The van der Waals surface area contributed by atoms with Crippen molar-refractivity contribution in [1.82, 2.24) is 5.32 Å². The van der Waals surface area contributed by atoms with Gasteiger partial charge >= 0.3 is 0 Å². The van der Waals surface area contributed by atoms with E-state index in [2.05, 4.69) is 5.32 Å². The molecule has 0 aromatic heterocycles. The SMILES string of the molecule is CC(C)(CO)NCC1(CO)CCCCC1. The molecule has 0 amide bonds. The van der Waals surface area contributed by atoms with Crippen LogP contribution in [0, 0.1) is 5.41 Å². The zero-order valence-electron chi connectivity index (χ0n) is 10.1. The van der Waals surface area contributed by atoms with Gasteiger partial charge in [0.05, 0.1) is 6.61 Å². The van der Waals surface area contributed by atoms with Crippen LogP contribution in [0.5, 0.6) is 0 Å². The maximum Gasteiger partial charge on any atom is 0.0607 e. The molecule has 0 unspecified atom stereocenters. The zero-order valence-corrected chi connectivity index (χ0v) is 10.1. The molecule has 90 valence electrons. The van der Waals surface area contributed by atoms with E-state index in [0.717, 1.165) is 19.4 Å². The Morgan fingerprint density at radius 3 is 2.20 bits per heavy atom. The van der Waals surface area contributed by atoms with E-state index >= 15 is 0 Å². The molecule has 15 heavy (non-hydrogen) atoms. The number of aliphatic hydroxyl groups is 2. The third-order valence-electron chi connectivity index (χ3n) is 3.59. The summed E-state index contributed by atoms with van der Waals surface area (Å²) in [7, 11) is 0. The highest BCUT2D eigenvalue weighted by atomic mass is 16.3. The van der Waals surface area contributed by atoms with Crippen molar-refractivity contribution in [3.63, 3.8) is 0 Å². The molecule has 0 heterocycles. The average molecular weight is 215 g/mol. The van der Waals surface area contributed by atoms with Crippen molar-refractivity contribution >= 4 is 0 Å². The third-order valence-corrected chi connectivity index (χ3v) is 3.59.